The normalized spacial score (nSPS) is 10.0. The summed E-state index contributed by atoms with van der Waals surface area (Å²) in [5, 5.41) is 0. The number of amides is 1. The van der Waals surface area contributed by atoms with Gasteiger partial charge in [0.25, 0.3) is 5.91 Å². The lowest BCUT2D eigenvalue weighted by Crippen LogP contribution is -2.29. The maximum Gasteiger partial charge on any atom is 0.264 e. The van der Waals surface area contributed by atoms with Crippen LogP contribution in [0.5, 0.6) is 0 Å². The Kier molecular flexibility index (Phi) is 5.74. The Morgan fingerprint density at radius 2 is 1.56 bits per heavy atom. The van der Waals surface area contributed by atoms with Crippen LogP contribution in [0.4, 0.5) is 0 Å². The molecule has 0 unspecified atom stereocenters. The zero-order chi connectivity index (χ0) is 12.8. The molecule has 1 rings (SSSR count). The summed E-state index contributed by atoms with van der Waals surface area (Å²) in [5.41, 5.74) is 1.35. The number of aryl methyl sites for hydroxylation is 1. The zero-order valence-corrected chi connectivity index (χ0v) is 10.8. The lowest BCUT2D eigenvalue weighted by Gasteiger charge is -2.02. The second kappa shape index (κ2) is 6.27. The van der Waals surface area contributed by atoms with Crippen molar-refractivity contribution in [2.24, 2.45) is 0 Å². The summed E-state index contributed by atoms with van der Waals surface area (Å²) in [7, 11) is -3.48. The molecule has 0 atom stereocenters. The summed E-state index contributed by atoms with van der Waals surface area (Å²) in [6, 6.07) is 6.65. The first-order valence-electron chi connectivity index (χ1n) is 4.97. The topological polar surface area (TPSA) is 63.2 Å². The molecule has 0 spiro atoms. The van der Waals surface area contributed by atoms with Crippen molar-refractivity contribution in [3.63, 3.8) is 0 Å². The zero-order valence-electron chi connectivity index (χ0n) is 9.94. The Morgan fingerprint density at radius 3 is 1.94 bits per heavy atom. The van der Waals surface area contributed by atoms with Gasteiger partial charge in [-0.1, -0.05) is 31.5 Å². The van der Waals surface area contributed by atoms with Gasteiger partial charge in [-0.25, -0.2) is 13.1 Å². The van der Waals surface area contributed by atoms with E-state index in [1.165, 1.54) is 0 Å². The van der Waals surface area contributed by atoms with Crippen molar-refractivity contribution < 1.29 is 13.2 Å². The molecular weight excluding hydrogens is 226 g/mol. The fourth-order valence-electron chi connectivity index (χ4n) is 0.932. The number of hydrogen-bond donors (Lipinski definition) is 1. The second-order valence-corrected chi connectivity index (χ2v) is 4.82. The van der Waals surface area contributed by atoms with Crippen molar-refractivity contribution in [3.8, 4) is 0 Å². The summed E-state index contributed by atoms with van der Waals surface area (Å²) in [5.74, 6) is -0.604. The van der Waals surface area contributed by atoms with E-state index in [0.29, 0.717) is 5.56 Å². The minimum Gasteiger partial charge on any atom is -0.268 e. The van der Waals surface area contributed by atoms with Gasteiger partial charge in [-0.15, -0.1) is 0 Å². The lowest BCUT2D eigenvalue weighted by molar-refractivity contribution is 0.0981. The molecule has 0 fully saturated rings. The van der Waals surface area contributed by atoms with E-state index in [4.69, 9.17) is 0 Å². The summed E-state index contributed by atoms with van der Waals surface area (Å²) in [4.78, 5) is 11.3. The third-order valence-corrected chi connectivity index (χ3v) is 2.15. The van der Waals surface area contributed by atoms with Crippen molar-refractivity contribution in [2.45, 2.75) is 20.8 Å². The highest BCUT2D eigenvalue weighted by molar-refractivity contribution is 7.89. The number of hydrogen-bond acceptors (Lipinski definition) is 3. The SMILES string of the molecule is CC.Cc1ccc(C(=O)NS(C)(=O)=O)cc1. The summed E-state index contributed by atoms with van der Waals surface area (Å²) >= 11 is 0. The van der Waals surface area contributed by atoms with Gasteiger partial charge < -0.3 is 0 Å². The Hall–Kier alpha value is -1.36. The summed E-state index contributed by atoms with van der Waals surface area (Å²) < 4.78 is 23.4. The van der Waals surface area contributed by atoms with Crippen LogP contribution in [0.25, 0.3) is 0 Å². The molecule has 5 heteroatoms. The smallest absolute Gasteiger partial charge is 0.264 e. The van der Waals surface area contributed by atoms with Crippen LogP contribution in [0, 0.1) is 6.92 Å². The number of nitrogens with one attached hydrogen (secondary N) is 1. The average Bonchev–Trinajstić information content (AvgIpc) is 2.19. The van der Waals surface area contributed by atoms with Crippen LogP contribution in [-0.4, -0.2) is 20.6 Å². The molecule has 0 saturated carbocycles. The van der Waals surface area contributed by atoms with Gasteiger partial charge in [0.2, 0.25) is 10.0 Å². The van der Waals surface area contributed by atoms with Gasteiger partial charge in [-0.3, -0.25) is 4.79 Å². The average molecular weight is 243 g/mol. The van der Waals surface area contributed by atoms with Crippen molar-refractivity contribution in [1.29, 1.82) is 0 Å². The Labute approximate surface area is 96.7 Å². The van der Waals surface area contributed by atoms with E-state index in [1.54, 1.807) is 24.3 Å². The molecule has 90 valence electrons. The van der Waals surface area contributed by atoms with E-state index < -0.39 is 15.9 Å². The monoisotopic (exact) mass is 243 g/mol. The van der Waals surface area contributed by atoms with Gasteiger partial charge in [0.05, 0.1) is 6.26 Å². The number of benzene rings is 1. The van der Waals surface area contributed by atoms with E-state index in [1.807, 2.05) is 25.5 Å². The summed E-state index contributed by atoms with van der Waals surface area (Å²) in [6.45, 7) is 5.89. The molecule has 1 N–H and O–H groups in total. The first kappa shape index (κ1) is 14.6. The van der Waals surface area contributed by atoms with Gasteiger partial charge >= 0.3 is 0 Å². The highest BCUT2D eigenvalue weighted by atomic mass is 32.2. The van der Waals surface area contributed by atoms with Crippen LogP contribution in [0.3, 0.4) is 0 Å². The van der Waals surface area contributed by atoms with Crippen molar-refractivity contribution >= 4 is 15.9 Å². The van der Waals surface area contributed by atoms with Crippen LogP contribution in [0.15, 0.2) is 24.3 Å². The third-order valence-electron chi connectivity index (χ3n) is 1.59. The minimum atomic E-state index is -3.48. The third kappa shape index (κ3) is 5.50. The summed E-state index contributed by atoms with van der Waals surface area (Å²) in [6.07, 6.45) is 0.944. The highest BCUT2D eigenvalue weighted by Crippen LogP contribution is 2.02. The van der Waals surface area contributed by atoms with Gasteiger partial charge in [0.15, 0.2) is 0 Å². The fourth-order valence-corrected chi connectivity index (χ4v) is 1.39. The largest absolute Gasteiger partial charge is 0.268 e. The van der Waals surface area contributed by atoms with Crippen molar-refractivity contribution in [1.82, 2.24) is 4.72 Å². The maximum atomic E-state index is 11.3. The molecule has 1 amide bonds. The molecule has 1 aromatic carbocycles. The minimum absolute atomic E-state index is 0.334. The molecule has 0 aliphatic heterocycles. The van der Waals surface area contributed by atoms with Gasteiger partial charge in [0, 0.05) is 5.56 Å². The maximum absolute atomic E-state index is 11.3. The molecule has 4 nitrogen and oxygen atoms in total. The van der Waals surface area contributed by atoms with Crippen LogP contribution >= 0.6 is 0 Å². The number of carbonyl (C=O) groups excluding carboxylic acids is 1. The molecule has 0 aromatic heterocycles. The Morgan fingerprint density at radius 1 is 1.12 bits per heavy atom. The van der Waals surface area contributed by atoms with Crippen LogP contribution in [0.2, 0.25) is 0 Å². The first-order chi connectivity index (χ1) is 7.38. The van der Waals surface area contributed by atoms with Gasteiger partial charge in [-0.05, 0) is 19.1 Å². The molecule has 0 heterocycles. The molecule has 0 radical (unpaired) electrons. The van der Waals surface area contributed by atoms with E-state index in [9.17, 15) is 13.2 Å². The molecule has 0 aliphatic rings. The molecule has 0 aliphatic carbocycles. The molecule has 0 saturated heterocycles. The quantitative estimate of drug-likeness (QED) is 0.860. The molecule has 16 heavy (non-hydrogen) atoms. The van der Waals surface area contributed by atoms with E-state index in [0.717, 1.165) is 11.8 Å². The lowest BCUT2D eigenvalue weighted by atomic mass is 10.1. The predicted octanol–water partition coefficient (Wildman–Crippen LogP) is 1.71. The Bertz CT molecular complexity index is 435. The highest BCUT2D eigenvalue weighted by Gasteiger charge is 2.09. The number of rotatable bonds is 2. The molecule has 1 aromatic rings. The molecular formula is C11H17NO3S. The van der Waals surface area contributed by atoms with Crippen molar-refractivity contribution in [2.75, 3.05) is 6.26 Å². The van der Waals surface area contributed by atoms with Gasteiger partial charge in [-0.2, -0.15) is 0 Å². The fraction of sp³-hybridized carbons (Fsp3) is 0.364. The molecule has 0 bridgehead atoms. The van der Waals surface area contributed by atoms with E-state index in [2.05, 4.69) is 0 Å². The van der Waals surface area contributed by atoms with E-state index >= 15 is 0 Å². The number of carbonyl (C=O) groups is 1. The Balaban J connectivity index is 0.00000106. The van der Waals surface area contributed by atoms with Gasteiger partial charge in [0.1, 0.15) is 0 Å². The predicted molar refractivity (Wildman–Crippen MR) is 64.8 cm³/mol. The first-order valence-corrected chi connectivity index (χ1v) is 6.86. The van der Waals surface area contributed by atoms with Crippen LogP contribution < -0.4 is 4.72 Å². The van der Waals surface area contributed by atoms with Crippen molar-refractivity contribution in [3.05, 3.63) is 35.4 Å². The van der Waals surface area contributed by atoms with E-state index in [-0.39, 0.29) is 0 Å². The van der Waals surface area contributed by atoms with Crippen LogP contribution in [0.1, 0.15) is 29.8 Å². The standard InChI is InChI=1S/C9H11NO3S.C2H6/c1-7-3-5-8(6-4-7)9(11)10-14(2,12)13;1-2/h3-6H,1-2H3,(H,10,11);1-2H3. The van der Waals surface area contributed by atoms with Crippen LogP contribution in [-0.2, 0) is 10.0 Å². The second-order valence-electron chi connectivity index (χ2n) is 3.07. The number of sulfonamides is 1.